The number of nitrogens with two attached hydrogens (primary N) is 1. The van der Waals surface area contributed by atoms with Crippen LogP contribution >= 0.6 is 0 Å². The highest BCUT2D eigenvalue weighted by Gasteiger charge is 2.39. The van der Waals surface area contributed by atoms with Crippen LogP contribution in [0.4, 0.5) is 0 Å². The van der Waals surface area contributed by atoms with E-state index < -0.39 is 5.41 Å². The summed E-state index contributed by atoms with van der Waals surface area (Å²) in [6, 6.07) is 9.67. The molecule has 4 N–H and O–H groups in total. The maximum absolute atomic E-state index is 12.2. The maximum Gasteiger partial charge on any atom is 0.239 e. The minimum absolute atomic E-state index is 0.00736. The summed E-state index contributed by atoms with van der Waals surface area (Å²) in [6.45, 7) is 0.829. The van der Waals surface area contributed by atoms with Crippen molar-refractivity contribution in [3.8, 4) is 0 Å². The van der Waals surface area contributed by atoms with Gasteiger partial charge in [0, 0.05) is 13.1 Å². The van der Waals surface area contributed by atoms with Crippen molar-refractivity contribution >= 4 is 11.8 Å². The number of rotatable bonds is 6. The standard InChI is InChI=1S/C16H23N3O2/c17-12-16(8-4-5-9-16)15(21)19-11-14(20)18-10-13-6-2-1-3-7-13/h1-3,6-7H,4-5,8-12,17H2,(H,18,20)(H,19,21). The fourth-order valence-electron chi connectivity index (χ4n) is 2.78. The third-order valence-corrected chi connectivity index (χ3v) is 4.18. The Morgan fingerprint density at radius 2 is 1.76 bits per heavy atom. The Bertz CT molecular complexity index is 482. The number of hydrogen-bond donors (Lipinski definition) is 3. The molecule has 0 radical (unpaired) electrons. The van der Waals surface area contributed by atoms with Crippen LogP contribution in [0.1, 0.15) is 31.2 Å². The average molecular weight is 289 g/mol. The van der Waals surface area contributed by atoms with Gasteiger partial charge in [0.1, 0.15) is 0 Å². The first-order valence-electron chi connectivity index (χ1n) is 7.45. The van der Waals surface area contributed by atoms with Crippen molar-refractivity contribution in [1.29, 1.82) is 0 Å². The van der Waals surface area contributed by atoms with E-state index in [0.29, 0.717) is 13.1 Å². The highest BCUT2D eigenvalue weighted by Crippen LogP contribution is 2.37. The van der Waals surface area contributed by atoms with Gasteiger partial charge in [-0.15, -0.1) is 0 Å². The summed E-state index contributed by atoms with van der Waals surface area (Å²) in [6.07, 6.45) is 3.71. The van der Waals surface area contributed by atoms with Gasteiger partial charge >= 0.3 is 0 Å². The summed E-state index contributed by atoms with van der Waals surface area (Å²) in [5.74, 6) is -0.269. The molecule has 0 saturated heterocycles. The zero-order valence-electron chi connectivity index (χ0n) is 12.2. The highest BCUT2D eigenvalue weighted by atomic mass is 16.2. The Morgan fingerprint density at radius 3 is 2.38 bits per heavy atom. The monoisotopic (exact) mass is 289 g/mol. The lowest BCUT2D eigenvalue weighted by atomic mass is 9.85. The molecule has 0 heterocycles. The van der Waals surface area contributed by atoms with Crippen molar-refractivity contribution in [3.63, 3.8) is 0 Å². The summed E-state index contributed by atoms with van der Waals surface area (Å²) in [7, 11) is 0. The number of carbonyl (C=O) groups is 2. The van der Waals surface area contributed by atoms with E-state index >= 15 is 0 Å². The average Bonchev–Trinajstić information content (AvgIpc) is 3.02. The van der Waals surface area contributed by atoms with E-state index in [9.17, 15) is 9.59 Å². The Morgan fingerprint density at radius 1 is 1.10 bits per heavy atom. The van der Waals surface area contributed by atoms with Gasteiger partial charge in [-0.05, 0) is 18.4 Å². The van der Waals surface area contributed by atoms with Crippen molar-refractivity contribution in [2.75, 3.05) is 13.1 Å². The van der Waals surface area contributed by atoms with Crippen LogP contribution in [-0.4, -0.2) is 24.9 Å². The molecule has 2 amide bonds. The molecule has 0 aromatic heterocycles. The van der Waals surface area contributed by atoms with E-state index in [1.807, 2.05) is 30.3 Å². The first kappa shape index (κ1) is 15.5. The molecule has 114 valence electrons. The molecule has 1 fully saturated rings. The van der Waals surface area contributed by atoms with E-state index in [2.05, 4.69) is 10.6 Å². The van der Waals surface area contributed by atoms with Gasteiger partial charge in [-0.3, -0.25) is 9.59 Å². The zero-order valence-corrected chi connectivity index (χ0v) is 12.2. The molecule has 2 rings (SSSR count). The van der Waals surface area contributed by atoms with Crippen LogP contribution in [0.2, 0.25) is 0 Å². The second-order valence-corrected chi connectivity index (χ2v) is 5.64. The largest absolute Gasteiger partial charge is 0.350 e. The zero-order chi connectivity index (χ0) is 15.1. The molecule has 0 bridgehead atoms. The summed E-state index contributed by atoms with van der Waals surface area (Å²) in [5.41, 5.74) is 6.32. The molecule has 21 heavy (non-hydrogen) atoms. The molecule has 1 saturated carbocycles. The summed E-state index contributed by atoms with van der Waals surface area (Å²) < 4.78 is 0. The van der Waals surface area contributed by atoms with Gasteiger partial charge in [-0.25, -0.2) is 0 Å². The Hall–Kier alpha value is -1.88. The molecule has 1 aromatic rings. The lowest BCUT2D eigenvalue weighted by molar-refractivity contribution is -0.132. The summed E-state index contributed by atoms with van der Waals surface area (Å²) >= 11 is 0. The number of carbonyl (C=O) groups excluding carboxylic acids is 2. The molecule has 0 atom stereocenters. The van der Waals surface area contributed by atoms with Crippen molar-refractivity contribution in [2.45, 2.75) is 32.2 Å². The van der Waals surface area contributed by atoms with Crippen molar-refractivity contribution < 1.29 is 9.59 Å². The molecule has 1 aliphatic carbocycles. The fourth-order valence-corrected chi connectivity index (χ4v) is 2.78. The lowest BCUT2D eigenvalue weighted by Crippen LogP contribution is -2.47. The van der Waals surface area contributed by atoms with Crippen LogP contribution < -0.4 is 16.4 Å². The van der Waals surface area contributed by atoms with Crippen LogP contribution in [-0.2, 0) is 16.1 Å². The molecule has 0 spiro atoms. The number of nitrogens with one attached hydrogen (secondary N) is 2. The van der Waals surface area contributed by atoms with Gasteiger partial charge in [0.25, 0.3) is 0 Å². The third-order valence-electron chi connectivity index (χ3n) is 4.18. The molecular weight excluding hydrogens is 266 g/mol. The van der Waals surface area contributed by atoms with Gasteiger partial charge in [-0.1, -0.05) is 43.2 Å². The smallest absolute Gasteiger partial charge is 0.239 e. The predicted molar refractivity (Wildman–Crippen MR) is 81.3 cm³/mol. The van der Waals surface area contributed by atoms with Crippen molar-refractivity contribution in [3.05, 3.63) is 35.9 Å². The normalized spacial score (nSPS) is 16.4. The van der Waals surface area contributed by atoms with Crippen molar-refractivity contribution in [2.24, 2.45) is 11.1 Å². The first-order chi connectivity index (χ1) is 10.2. The SMILES string of the molecule is NCC1(C(=O)NCC(=O)NCc2ccccc2)CCCC1. The third kappa shape index (κ3) is 4.04. The number of amides is 2. The van der Waals surface area contributed by atoms with Gasteiger partial charge < -0.3 is 16.4 Å². The van der Waals surface area contributed by atoms with Gasteiger partial charge in [-0.2, -0.15) is 0 Å². The van der Waals surface area contributed by atoms with E-state index in [-0.39, 0.29) is 18.4 Å². The second-order valence-electron chi connectivity index (χ2n) is 5.64. The number of hydrogen-bond acceptors (Lipinski definition) is 3. The van der Waals surface area contributed by atoms with Crippen LogP contribution in [0.5, 0.6) is 0 Å². The van der Waals surface area contributed by atoms with Crippen molar-refractivity contribution in [1.82, 2.24) is 10.6 Å². The van der Waals surface area contributed by atoms with Crippen LogP contribution in [0.25, 0.3) is 0 Å². The molecule has 5 nitrogen and oxygen atoms in total. The highest BCUT2D eigenvalue weighted by molar-refractivity contribution is 5.88. The topological polar surface area (TPSA) is 84.2 Å². The molecule has 0 aliphatic heterocycles. The van der Waals surface area contributed by atoms with E-state index in [0.717, 1.165) is 31.2 Å². The summed E-state index contributed by atoms with van der Waals surface area (Å²) in [4.78, 5) is 24.0. The van der Waals surface area contributed by atoms with Crippen LogP contribution in [0, 0.1) is 5.41 Å². The van der Waals surface area contributed by atoms with Gasteiger partial charge in [0.2, 0.25) is 11.8 Å². The molecule has 0 unspecified atom stereocenters. The van der Waals surface area contributed by atoms with Crippen LogP contribution in [0.15, 0.2) is 30.3 Å². The Kier molecular flexibility index (Phi) is 5.33. The van der Waals surface area contributed by atoms with E-state index in [4.69, 9.17) is 5.73 Å². The van der Waals surface area contributed by atoms with Gasteiger partial charge in [0.15, 0.2) is 0 Å². The Labute approximate surface area is 125 Å². The quantitative estimate of drug-likeness (QED) is 0.728. The summed E-state index contributed by atoms with van der Waals surface area (Å²) in [5, 5.41) is 5.51. The van der Waals surface area contributed by atoms with E-state index in [1.54, 1.807) is 0 Å². The van der Waals surface area contributed by atoms with Gasteiger partial charge in [0.05, 0.1) is 12.0 Å². The lowest BCUT2D eigenvalue weighted by Gasteiger charge is -2.25. The molecule has 1 aromatic carbocycles. The molecule has 5 heteroatoms. The molecule has 1 aliphatic rings. The predicted octanol–water partition coefficient (Wildman–Crippen LogP) is 0.938. The fraction of sp³-hybridized carbons (Fsp3) is 0.500. The Balaban J connectivity index is 1.75. The maximum atomic E-state index is 12.2. The second kappa shape index (κ2) is 7.22. The minimum atomic E-state index is -0.459. The van der Waals surface area contributed by atoms with Crippen LogP contribution in [0.3, 0.4) is 0 Å². The molecular formula is C16H23N3O2. The first-order valence-corrected chi connectivity index (χ1v) is 7.45. The van der Waals surface area contributed by atoms with E-state index in [1.165, 1.54) is 0 Å². The minimum Gasteiger partial charge on any atom is -0.350 e. The number of benzene rings is 1.